The number of nitrogens with zero attached hydrogens (tertiary/aromatic N) is 1. The highest BCUT2D eigenvalue weighted by Crippen LogP contribution is 2.34. The zero-order valence-electron chi connectivity index (χ0n) is 10.9. The Morgan fingerprint density at radius 1 is 1.28 bits per heavy atom. The molecule has 0 atom stereocenters. The van der Waals surface area contributed by atoms with Crippen LogP contribution in [-0.4, -0.2) is 12.6 Å². The van der Waals surface area contributed by atoms with Crippen molar-refractivity contribution in [3.63, 3.8) is 0 Å². The van der Waals surface area contributed by atoms with Crippen LogP contribution in [-0.2, 0) is 6.54 Å². The average molecular weight is 254 g/mol. The van der Waals surface area contributed by atoms with Crippen molar-refractivity contribution in [1.82, 2.24) is 0 Å². The highest BCUT2D eigenvalue weighted by atomic mass is 19.1. The maximum absolute atomic E-state index is 14.0. The van der Waals surface area contributed by atoms with Crippen molar-refractivity contribution in [3.05, 3.63) is 29.3 Å². The van der Waals surface area contributed by atoms with Crippen molar-refractivity contribution >= 4 is 5.69 Å². The largest absolute Gasteiger partial charge is 0.364 e. The molecule has 1 aromatic rings. The smallest absolute Gasteiger partial charge is 0.149 e. The molecule has 2 rings (SSSR count). The van der Waals surface area contributed by atoms with E-state index in [9.17, 15) is 8.78 Å². The molecule has 1 fully saturated rings. The Kier molecular flexibility index (Phi) is 3.85. The molecular formula is C14H20F2N2. The van der Waals surface area contributed by atoms with Crippen LogP contribution in [0.3, 0.4) is 0 Å². The lowest BCUT2D eigenvalue weighted by molar-refractivity contribution is 0.545. The van der Waals surface area contributed by atoms with Crippen LogP contribution in [0.15, 0.2) is 12.1 Å². The number of hydrogen-bond acceptors (Lipinski definition) is 2. The zero-order chi connectivity index (χ0) is 13.3. The molecule has 0 saturated heterocycles. The number of nitrogens with two attached hydrogens (primary N) is 1. The van der Waals surface area contributed by atoms with Crippen LogP contribution < -0.4 is 10.6 Å². The summed E-state index contributed by atoms with van der Waals surface area (Å²) in [5.74, 6) is -0.435. The molecule has 1 aliphatic rings. The Balaban J connectivity index is 2.33. The molecule has 100 valence electrons. The maximum atomic E-state index is 14.0. The van der Waals surface area contributed by atoms with E-state index in [1.165, 1.54) is 12.1 Å². The number of benzene rings is 1. The summed E-state index contributed by atoms with van der Waals surface area (Å²) >= 11 is 0. The quantitative estimate of drug-likeness (QED) is 0.875. The van der Waals surface area contributed by atoms with Crippen LogP contribution in [0, 0.1) is 17.6 Å². The Hall–Kier alpha value is -1.16. The fourth-order valence-corrected chi connectivity index (χ4v) is 2.15. The summed E-state index contributed by atoms with van der Waals surface area (Å²) in [4.78, 5) is 1.82. The number of anilines is 1. The summed E-state index contributed by atoms with van der Waals surface area (Å²) < 4.78 is 28.1. The Bertz CT molecular complexity index is 405. The monoisotopic (exact) mass is 254 g/mol. The summed E-state index contributed by atoms with van der Waals surface area (Å²) in [6.45, 7) is 4.79. The zero-order valence-corrected chi connectivity index (χ0v) is 10.9. The SMILES string of the molecule is CC(C)N(CC1CC1)c1c(F)cc(CN)cc1F. The molecule has 0 amide bonds. The van der Waals surface area contributed by atoms with E-state index in [0.29, 0.717) is 11.5 Å². The molecule has 0 aliphatic heterocycles. The first kappa shape index (κ1) is 13.3. The predicted octanol–water partition coefficient (Wildman–Crippen LogP) is 3.05. The molecule has 1 aromatic carbocycles. The van der Waals surface area contributed by atoms with Gasteiger partial charge < -0.3 is 10.6 Å². The van der Waals surface area contributed by atoms with Gasteiger partial charge >= 0.3 is 0 Å². The third kappa shape index (κ3) is 2.80. The third-order valence-corrected chi connectivity index (χ3v) is 3.37. The van der Waals surface area contributed by atoms with Crippen LogP contribution in [0.25, 0.3) is 0 Å². The molecule has 1 aliphatic carbocycles. The minimum absolute atomic E-state index is 0.0818. The molecule has 0 unspecified atom stereocenters. The van der Waals surface area contributed by atoms with Gasteiger partial charge in [-0.2, -0.15) is 0 Å². The number of rotatable bonds is 5. The Morgan fingerprint density at radius 3 is 2.22 bits per heavy atom. The lowest BCUT2D eigenvalue weighted by atomic mass is 10.1. The first-order valence-corrected chi connectivity index (χ1v) is 6.47. The highest BCUT2D eigenvalue weighted by Gasteiger charge is 2.28. The number of hydrogen-bond donors (Lipinski definition) is 1. The molecule has 0 spiro atoms. The summed E-state index contributed by atoms with van der Waals surface area (Å²) in [6.07, 6.45) is 2.32. The first-order valence-electron chi connectivity index (χ1n) is 6.47. The maximum Gasteiger partial charge on any atom is 0.149 e. The van der Waals surface area contributed by atoms with Crippen molar-refractivity contribution in [2.75, 3.05) is 11.4 Å². The molecule has 1 saturated carbocycles. The lowest BCUT2D eigenvalue weighted by Crippen LogP contribution is -2.34. The van der Waals surface area contributed by atoms with Crippen LogP contribution in [0.4, 0.5) is 14.5 Å². The van der Waals surface area contributed by atoms with E-state index in [0.717, 1.165) is 19.4 Å². The van der Waals surface area contributed by atoms with Gasteiger partial charge in [-0.3, -0.25) is 0 Å². The fourth-order valence-electron chi connectivity index (χ4n) is 2.15. The van der Waals surface area contributed by atoms with Crippen LogP contribution in [0.2, 0.25) is 0 Å². The summed E-state index contributed by atoms with van der Waals surface area (Å²) in [5.41, 5.74) is 6.00. The molecular weight excluding hydrogens is 234 g/mol. The van der Waals surface area contributed by atoms with E-state index in [1.54, 1.807) is 0 Å². The Labute approximate surface area is 107 Å². The van der Waals surface area contributed by atoms with Crippen molar-refractivity contribution in [1.29, 1.82) is 0 Å². The minimum Gasteiger partial charge on any atom is -0.364 e. The average Bonchev–Trinajstić information content (AvgIpc) is 3.10. The van der Waals surface area contributed by atoms with Crippen molar-refractivity contribution < 1.29 is 8.78 Å². The van der Waals surface area contributed by atoms with Crippen molar-refractivity contribution in [3.8, 4) is 0 Å². The second-order valence-corrected chi connectivity index (χ2v) is 5.30. The van der Waals surface area contributed by atoms with Gasteiger partial charge in [-0.05, 0) is 50.3 Å². The standard InChI is InChI=1S/C14H20F2N2/c1-9(2)18(8-10-3-4-10)14-12(15)5-11(7-17)6-13(14)16/h5-6,9-10H,3-4,7-8,17H2,1-2H3. The van der Waals surface area contributed by atoms with Gasteiger partial charge in [-0.25, -0.2) is 8.78 Å². The van der Waals surface area contributed by atoms with Crippen LogP contribution in [0.5, 0.6) is 0 Å². The molecule has 4 heteroatoms. The molecule has 2 N–H and O–H groups in total. The van der Waals surface area contributed by atoms with E-state index in [1.807, 2.05) is 18.7 Å². The summed E-state index contributed by atoms with van der Waals surface area (Å²) in [6, 6.07) is 2.75. The van der Waals surface area contributed by atoms with Gasteiger partial charge in [0.2, 0.25) is 0 Å². The van der Waals surface area contributed by atoms with Gasteiger partial charge in [0.15, 0.2) is 0 Å². The van der Waals surface area contributed by atoms with E-state index in [2.05, 4.69) is 0 Å². The van der Waals surface area contributed by atoms with E-state index < -0.39 is 11.6 Å². The molecule has 0 aromatic heterocycles. The van der Waals surface area contributed by atoms with Gasteiger partial charge in [0.1, 0.15) is 17.3 Å². The second kappa shape index (κ2) is 5.22. The van der Waals surface area contributed by atoms with Gasteiger partial charge in [0.05, 0.1) is 0 Å². The molecule has 18 heavy (non-hydrogen) atoms. The topological polar surface area (TPSA) is 29.3 Å². The highest BCUT2D eigenvalue weighted by molar-refractivity contribution is 5.51. The fraction of sp³-hybridized carbons (Fsp3) is 0.571. The van der Waals surface area contributed by atoms with Crippen molar-refractivity contribution in [2.24, 2.45) is 11.7 Å². The third-order valence-electron chi connectivity index (χ3n) is 3.37. The molecule has 0 radical (unpaired) electrons. The molecule has 0 heterocycles. The normalized spacial score (nSPS) is 15.2. The summed E-state index contributed by atoms with van der Waals surface area (Å²) in [7, 11) is 0. The number of halogens is 2. The van der Waals surface area contributed by atoms with Crippen molar-refractivity contribution in [2.45, 2.75) is 39.3 Å². The van der Waals surface area contributed by atoms with Gasteiger partial charge in [-0.15, -0.1) is 0 Å². The lowest BCUT2D eigenvalue weighted by Gasteiger charge is -2.30. The van der Waals surface area contributed by atoms with E-state index in [4.69, 9.17) is 5.73 Å². The summed E-state index contributed by atoms with van der Waals surface area (Å²) in [5, 5.41) is 0. The molecule has 0 bridgehead atoms. The predicted molar refractivity (Wildman–Crippen MR) is 69.5 cm³/mol. The first-order chi connectivity index (χ1) is 8.52. The van der Waals surface area contributed by atoms with E-state index in [-0.39, 0.29) is 18.3 Å². The van der Waals surface area contributed by atoms with Gasteiger partial charge in [-0.1, -0.05) is 0 Å². The van der Waals surface area contributed by atoms with Crippen LogP contribution >= 0.6 is 0 Å². The second-order valence-electron chi connectivity index (χ2n) is 5.30. The van der Waals surface area contributed by atoms with Gasteiger partial charge in [0.25, 0.3) is 0 Å². The molecule has 2 nitrogen and oxygen atoms in total. The van der Waals surface area contributed by atoms with E-state index >= 15 is 0 Å². The van der Waals surface area contributed by atoms with Crippen LogP contribution in [0.1, 0.15) is 32.3 Å². The Morgan fingerprint density at radius 2 is 1.83 bits per heavy atom. The minimum atomic E-state index is -0.509. The van der Waals surface area contributed by atoms with Gasteiger partial charge in [0, 0.05) is 19.1 Å².